The number of ether oxygens (including phenoxy) is 9. The molecule has 9 N–H and O–H groups in total. The molecule has 0 aliphatic heterocycles. The van der Waals surface area contributed by atoms with Gasteiger partial charge < -0.3 is 85.6 Å². The van der Waals surface area contributed by atoms with Crippen molar-refractivity contribution in [2.75, 3.05) is 145 Å². The van der Waals surface area contributed by atoms with Crippen LogP contribution >= 0.6 is 0 Å². The Morgan fingerprint density at radius 2 is 1.12 bits per heavy atom. The molecule has 0 saturated carbocycles. The second-order valence-electron chi connectivity index (χ2n) is 13.9. The summed E-state index contributed by atoms with van der Waals surface area (Å²) in [5, 5.41) is 13.1. The summed E-state index contributed by atoms with van der Waals surface area (Å²) >= 11 is 0. The number of nitrogens with one attached hydrogen (secondary N) is 5. The molecule has 64 heavy (non-hydrogen) atoms. The highest BCUT2D eigenvalue weighted by Crippen LogP contribution is 2.12. The molecule has 0 radical (unpaired) electrons. The molecule has 3 atom stereocenters. The first kappa shape index (κ1) is 57.5. The van der Waals surface area contributed by atoms with Crippen LogP contribution in [0.1, 0.15) is 32.3 Å². The maximum Gasteiger partial charge on any atom is 0.410 e. The molecule has 0 heterocycles. The van der Waals surface area contributed by atoms with Gasteiger partial charge in [0.15, 0.2) is 0 Å². The van der Waals surface area contributed by atoms with Gasteiger partial charge in [-0.05, 0) is 38.6 Å². The van der Waals surface area contributed by atoms with E-state index in [0.717, 1.165) is 0 Å². The minimum Gasteiger partial charge on any atom is -0.445 e. The number of carbonyl (C=O) groups excluding carboxylic acids is 6. The van der Waals surface area contributed by atoms with Gasteiger partial charge in [-0.15, -0.1) is 0 Å². The van der Waals surface area contributed by atoms with Crippen molar-refractivity contribution in [2.24, 2.45) is 11.5 Å². The fourth-order valence-electron chi connectivity index (χ4n) is 5.05. The van der Waals surface area contributed by atoms with E-state index in [4.69, 9.17) is 54.1 Å². The minimum atomic E-state index is -1.38. The second-order valence-corrected chi connectivity index (χ2v) is 13.9. The van der Waals surface area contributed by atoms with Crippen LogP contribution in [0.4, 0.5) is 10.5 Å². The Bertz CT molecular complexity index is 1450. The van der Waals surface area contributed by atoms with Crippen molar-refractivity contribution in [3.63, 3.8) is 0 Å². The molecule has 23 heteroatoms. The largest absolute Gasteiger partial charge is 0.445 e. The van der Waals surface area contributed by atoms with Crippen LogP contribution < -0.4 is 38.1 Å². The Hall–Kier alpha value is -4.56. The topological polar surface area (TPSA) is 301 Å². The summed E-state index contributed by atoms with van der Waals surface area (Å²) in [5.41, 5.74) is 11.7. The molecule has 0 aromatic heterocycles. The van der Waals surface area contributed by atoms with Crippen molar-refractivity contribution < 1.29 is 71.4 Å². The zero-order valence-electron chi connectivity index (χ0n) is 37.8. The van der Waals surface area contributed by atoms with Gasteiger partial charge >= 0.3 is 6.09 Å². The number of nitrogens with two attached hydrogens (primary N) is 2. The first-order chi connectivity index (χ1) is 30.9. The van der Waals surface area contributed by atoms with E-state index in [1.807, 2.05) is 0 Å². The smallest absolute Gasteiger partial charge is 0.410 e. The van der Waals surface area contributed by atoms with Crippen LogP contribution in [0.3, 0.4) is 0 Å². The van der Waals surface area contributed by atoms with E-state index in [1.165, 1.54) is 18.7 Å². The van der Waals surface area contributed by atoms with E-state index in [1.54, 1.807) is 38.4 Å². The number of hydrogen-bond acceptors (Lipinski definition) is 17. The lowest BCUT2D eigenvalue weighted by atomic mass is 10.1. The average molecular weight is 917 g/mol. The van der Waals surface area contributed by atoms with Crippen molar-refractivity contribution >= 4 is 41.3 Å². The lowest BCUT2D eigenvalue weighted by Gasteiger charge is -2.22. The number of anilines is 1. The third kappa shape index (κ3) is 29.7. The van der Waals surface area contributed by atoms with E-state index in [9.17, 15) is 28.8 Å². The van der Waals surface area contributed by atoms with Gasteiger partial charge in [0.2, 0.25) is 29.5 Å². The molecule has 0 aliphatic carbocycles. The van der Waals surface area contributed by atoms with Gasteiger partial charge in [0.1, 0.15) is 24.7 Å². The zero-order chi connectivity index (χ0) is 47.2. The van der Waals surface area contributed by atoms with E-state index in [-0.39, 0.29) is 32.8 Å². The van der Waals surface area contributed by atoms with Gasteiger partial charge in [-0.25, -0.2) is 4.79 Å². The molecule has 0 fully saturated rings. The molecular weight excluding hydrogens is 844 g/mol. The van der Waals surface area contributed by atoms with Crippen LogP contribution in [0.2, 0.25) is 0 Å². The van der Waals surface area contributed by atoms with Gasteiger partial charge in [0.25, 0.3) is 0 Å². The lowest BCUT2D eigenvalue weighted by molar-refractivity contribution is -0.133. The summed E-state index contributed by atoms with van der Waals surface area (Å²) < 4.78 is 48.1. The monoisotopic (exact) mass is 917 g/mol. The number of likely N-dealkylation sites (N-methyl/N-ethyl adjacent to an activating group) is 1. The third-order valence-electron chi connectivity index (χ3n) is 8.57. The molecule has 0 saturated heterocycles. The van der Waals surface area contributed by atoms with Crippen LogP contribution in [0.25, 0.3) is 0 Å². The van der Waals surface area contributed by atoms with Crippen molar-refractivity contribution in [3.8, 4) is 0 Å². The van der Waals surface area contributed by atoms with Crippen LogP contribution in [0.15, 0.2) is 24.3 Å². The fourth-order valence-corrected chi connectivity index (χ4v) is 5.05. The highest BCUT2D eigenvalue weighted by molar-refractivity contribution is 6.00. The number of methoxy groups -OCH3 is 1. The molecule has 1 aromatic carbocycles. The van der Waals surface area contributed by atoms with Crippen molar-refractivity contribution in [3.05, 3.63) is 29.8 Å². The number of benzene rings is 1. The number of rotatable bonds is 40. The standard InChI is InChI=1S/C41H72N8O15/c1-31(45-37(51)9-14-57-19-22-61-27-28-63-26-25-60-18-17-56-4)38(52)46-32(2)39(53)48-35(29-36(43)50)40(54)47-34-7-5-33(6-8-34)30-64-41(55)49(12-11-44-3)13-16-59-21-24-62-23-20-58-15-10-42/h5-8,31-32,35,44H,9-30,42H2,1-4H3,(H2,43,50)(H,45,51)(H,46,52)(H,47,54)(H,48,53)/t31-,32-,35-/m0/s1. The van der Waals surface area contributed by atoms with Crippen molar-refractivity contribution in [2.45, 2.75) is 51.4 Å². The fraction of sp³-hybridized carbons (Fsp3) is 0.707. The Morgan fingerprint density at radius 1 is 0.625 bits per heavy atom. The molecule has 1 rings (SSSR count). The number of primary amides is 1. The Balaban J connectivity index is 2.46. The van der Waals surface area contributed by atoms with Crippen LogP contribution in [0.5, 0.6) is 0 Å². The second kappa shape index (κ2) is 37.8. The summed E-state index contributed by atoms with van der Waals surface area (Å²) in [6.07, 6.45) is -1.08. The highest BCUT2D eigenvalue weighted by atomic mass is 16.6. The molecule has 6 amide bonds. The predicted molar refractivity (Wildman–Crippen MR) is 233 cm³/mol. The zero-order valence-corrected chi connectivity index (χ0v) is 37.8. The molecule has 0 spiro atoms. The summed E-state index contributed by atoms with van der Waals surface area (Å²) in [6, 6.07) is 2.86. The molecule has 366 valence electrons. The van der Waals surface area contributed by atoms with Crippen LogP contribution in [-0.4, -0.2) is 198 Å². The number of amides is 6. The van der Waals surface area contributed by atoms with Crippen molar-refractivity contribution in [1.29, 1.82) is 0 Å². The molecule has 23 nitrogen and oxygen atoms in total. The molecule has 0 aliphatic rings. The summed E-state index contributed by atoms with van der Waals surface area (Å²) in [5.74, 6) is -3.47. The van der Waals surface area contributed by atoms with Gasteiger partial charge in [-0.3, -0.25) is 24.0 Å². The molecule has 0 unspecified atom stereocenters. The van der Waals surface area contributed by atoms with Crippen molar-refractivity contribution in [1.82, 2.24) is 26.2 Å². The van der Waals surface area contributed by atoms with E-state index in [2.05, 4.69) is 26.6 Å². The Morgan fingerprint density at radius 3 is 1.66 bits per heavy atom. The molecule has 1 aromatic rings. The molecular formula is C41H72N8O15. The summed E-state index contributed by atoms with van der Waals surface area (Å²) in [7, 11) is 3.38. The number of hydrogen-bond donors (Lipinski definition) is 7. The van der Waals surface area contributed by atoms with E-state index >= 15 is 0 Å². The SMILES string of the molecule is CNCCN(CCOCCOCCOCCN)C(=O)OCc1ccc(NC(=O)[C@H](CC(N)=O)NC(=O)[C@H](C)NC(=O)[C@H](C)NC(=O)CCOCCOCCOCCOCCOC)cc1. The first-order valence-electron chi connectivity index (χ1n) is 21.3. The first-order valence-corrected chi connectivity index (χ1v) is 21.3. The average Bonchev–Trinajstić information content (AvgIpc) is 3.27. The Kier molecular flexibility index (Phi) is 33.9. The lowest BCUT2D eigenvalue weighted by Crippen LogP contribution is -2.55. The van der Waals surface area contributed by atoms with Gasteiger partial charge in [-0.1, -0.05) is 12.1 Å². The predicted octanol–water partition coefficient (Wildman–Crippen LogP) is -1.74. The van der Waals surface area contributed by atoms with Gasteiger partial charge in [-0.2, -0.15) is 0 Å². The summed E-state index contributed by atoms with van der Waals surface area (Å²) in [6.45, 7) is 10.3. The normalized spacial score (nSPS) is 12.5. The van der Waals surface area contributed by atoms with E-state index in [0.29, 0.717) is 117 Å². The van der Waals surface area contributed by atoms with E-state index < -0.39 is 60.2 Å². The van der Waals surface area contributed by atoms with Gasteiger partial charge in [0, 0.05) is 45.4 Å². The van der Waals surface area contributed by atoms with Crippen LogP contribution in [0, 0.1) is 0 Å². The Labute approximate surface area is 375 Å². The molecule has 0 bridgehead atoms. The minimum absolute atomic E-state index is 0.0156. The maximum atomic E-state index is 13.2. The summed E-state index contributed by atoms with van der Waals surface area (Å²) in [4.78, 5) is 77.5. The highest BCUT2D eigenvalue weighted by Gasteiger charge is 2.27. The quantitative estimate of drug-likeness (QED) is 0.0360. The third-order valence-corrected chi connectivity index (χ3v) is 8.57. The van der Waals surface area contributed by atoms with Gasteiger partial charge in [0.05, 0.1) is 106 Å². The van der Waals surface area contributed by atoms with Crippen LogP contribution in [-0.2, 0) is 73.2 Å². The number of nitrogens with zero attached hydrogens (tertiary/aromatic N) is 1. The number of carbonyl (C=O) groups is 6. The maximum absolute atomic E-state index is 13.2.